The lowest BCUT2D eigenvalue weighted by Crippen LogP contribution is -2.31. The molecule has 3 heteroatoms. The standard InChI is InChI=1S/C10H12O2S/c1-10(2)4-3-9-8(12-10)5-7(6-11)13-9/h5-6H,3-4H2,1-2H3. The lowest BCUT2D eigenvalue weighted by molar-refractivity contribution is 0.0862. The normalized spacial score (nSPS) is 18.9. The van der Waals surface area contributed by atoms with E-state index in [4.69, 9.17) is 4.74 Å². The van der Waals surface area contributed by atoms with E-state index in [1.54, 1.807) is 11.3 Å². The number of aryl methyl sites for hydroxylation is 1. The van der Waals surface area contributed by atoms with Crippen LogP contribution in [0, 0.1) is 0 Å². The van der Waals surface area contributed by atoms with Gasteiger partial charge in [-0.1, -0.05) is 0 Å². The van der Waals surface area contributed by atoms with Gasteiger partial charge in [-0.2, -0.15) is 0 Å². The maximum absolute atomic E-state index is 10.5. The van der Waals surface area contributed by atoms with Gasteiger partial charge in [-0.25, -0.2) is 0 Å². The smallest absolute Gasteiger partial charge is 0.160 e. The highest BCUT2D eigenvalue weighted by atomic mass is 32.1. The number of ether oxygens (including phenoxy) is 1. The molecule has 0 saturated carbocycles. The summed E-state index contributed by atoms with van der Waals surface area (Å²) in [6.07, 6.45) is 2.94. The van der Waals surface area contributed by atoms with Gasteiger partial charge in [0.25, 0.3) is 0 Å². The minimum Gasteiger partial charge on any atom is -0.487 e. The van der Waals surface area contributed by atoms with Crippen molar-refractivity contribution in [1.29, 1.82) is 0 Å². The minimum atomic E-state index is -0.0752. The molecule has 0 radical (unpaired) electrons. The molecular weight excluding hydrogens is 184 g/mol. The number of hydrogen-bond acceptors (Lipinski definition) is 3. The highest BCUT2D eigenvalue weighted by molar-refractivity contribution is 7.14. The van der Waals surface area contributed by atoms with Crippen molar-refractivity contribution in [3.63, 3.8) is 0 Å². The second-order valence-electron chi connectivity index (χ2n) is 3.92. The SMILES string of the molecule is CC1(C)CCc2sc(C=O)cc2O1. The monoisotopic (exact) mass is 196 g/mol. The topological polar surface area (TPSA) is 26.3 Å². The number of thiophene rings is 1. The Morgan fingerprint density at radius 3 is 3.08 bits per heavy atom. The Bertz CT molecular complexity index is 339. The fourth-order valence-electron chi connectivity index (χ4n) is 1.51. The molecule has 0 aromatic carbocycles. The highest BCUT2D eigenvalue weighted by Crippen LogP contribution is 2.38. The molecule has 2 rings (SSSR count). The summed E-state index contributed by atoms with van der Waals surface area (Å²) < 4.78 is 5.75. The maximum atomic E-state index is 10.5. The molecule has 0 fully saturated rings. The van der Waals surface area contributed by atoms with Gasteiger partial charge < -0.3 is 4.74 Å². The van der Waals surface area contributed by atoms with E-state index in [1.165, 1.54) is 4.88 Å². The zero-order valence-corrected chi connectivity index (χ0v) is 8.61. The van der Waals surface area contributed by atoms with E-state index >= 15 is 0 Å². The first-order chi connectivity index (χ1) is 6.11. The largest absolute Gasteiger partial charge is 0.487 e. The van der Waals surface area contributed by atoms with Crippen LogP contribution in [0.1, 0.15) is 34.8 Å². The Labute approximate surface area is 81.5 Å². The Kier molecular flexibility index (Phi) is 1.91. The predicted octanol–water partition coefficient (Wildman–Crippen LogP) is 2.66. The molecule has 1 aliphatic rings. The third-order valence-corrected chi connectivity index (χ3v) is 3.35. The molecule has 1 aromatic rings. The first-order valence-electron chi connectivity index (χ1n) is 4.38. The van der Waals surface area contributed by atoms with Gasteiger partial charge in [-0.05, 0) is 26.7 Å². The van der Waals surface area contributed by atoms with Crippen molar-refractivity contribution in [2.45, 2.75) is 32.3 Å². The zero-order chi connectivity index (χ0) is 9.47. The molecule has 1 aliphatic heterocycles. The Balaban J connectivity index is 2.35. The van der Waals surface area contributed by atoms with E-state index in [1.807, 2.05) is 6.07 Å². The first-order valence-corrected chi connectivity index (χ1v) is 5.19. The minimum absolute atomic E-state index is 0.0752. The second kappa shape index (κ2) is 2.84. The van der Waals surface area contributed by atoms with E-state index in [0.717, 1.165) is 29.8 Å². The molecule has 0 aliphatic carbocycles. The summed E-state index contributed by atoms with van der Waals surface area (Å²) in [5.74, 6) is 0.906. The lowest BCUT2D eigenvalue weighted by atomic mass is 9.99. The Morgan fingerprint density at radius 1 is 1.62 bits per heavy atom. The van der Waals surface area contributed by atoms with Gasteiger partial charge in [0.1, 0.15) is 11.4 Å². The molecule has 0 atom stereocenters. The number of fused-ring (bicyclic) bond motifs is 1. The molecule has 0 unspecified atom stereocenters. The van der Waals surface area contributed by atoms with Crippen LogP contribution in [0.2, 0.25) is 0 Å². The average molecular weight is 196 g/mol. The van der Waals surface area contributed by atoms with Gasteiger partial charge in [0.15, 0.2) is 6.29 Å². The van der Waals surface area contributed by atoms with E-state index in [0.29, 0.717) is 0 Å². The van der Waals surface area contributed by atoms with E-state index in [2.05, 4.69) is 13.8 Å². The molecule has 2 heterocycles. The van der Waals surface area contributed by atoms with Crippen molar-refractivity contribution in [1.82, 2.24) is 0 Å². The van der Waals surface area contributed by atoms with E-state index < -0.39 is 0 Å². The molecular formula is C10H12O2S. The van der Waals surface area contributed by atoms with Crippen LogP contribution >= 0.6 is 11.3 Å². The zero-order valence-electron chi connectivity index (χ0n) is 7.79. The first kappa shape index (κ1) is 8.75. The van der Waals surface area contributed by atoms with Gasteiger partial charge in [-0.3, -0.25) is 4.79 Å². The van der Waals surface area contributed by atoms with Crippen LogP contribution in [0.15, 0.2) is 6.07 Å². The third-order valence-electron chi connectivity index (χ3n) is 2.25. The summed E-state index contributed by atoms with van der Waals surface area (Å²) in [7, 11) is 0. The summed E-state index contributed by atoms with van der Waals surface area (Å²) in [5.41, 5.74) is -0.0752. The third kappa shape index (κ3) is 1.61. The summed E-state index contributed by atoms with van der Waals surface area (Å²) in [6, 6.07) is 1.84. The van der Waals surface area contributed by atoms with Crippen LogP contribution in [0.5, 0.6) is 5.75 Å². The fraction of sp³-hybridized carbons (Fsp3) is 0.500. The van der Waals surface area contributed by atoms with Crippen molar-refractivity contribution in [2.75, 3.05) is 0 Å². The quantitative estimate of drug-likeness (QED) is 0.645. The number of hydrogen-bond donors (Lipinski definition) is 0. The Hall–Kier alpha value is -0.830. The predicted molar refractivity (Wildman–Crippen MR) is 52.7 cm³/mol. The number of carbonyl (C=O) groups excluding carboxylic acids is 1. The summed E-state index contributed by atoms with van der Waals surface area (Å²) in [6.45, 7) is 4.16. The summed E-state index contributed by atoms with van der Waals surface area (Å²) in [4.78, 5) is 12.5. The van der Waals surface area contributed by atoms with Crippen LogP contribution in [0.3, 0.4) is 0 Å². The summed E-state index contributed by atoms with van der Waals surface area (Å²) >= 11 is 1.54. The molecule has 1 aromatic heterocycles. The summed E-state index contributed by atoms with van der Waals surface area (Å²) in [5, 5.41) is 0. The number of rotatable bonds is 1. The van der Waals surface area contributed by atoms with Crippen molar-refractivity contribution in [3.8, 4) is 5.75 Å². The fourth-order valence-corrected chi connectivity index (χ4v) is 2.42. The Morgan fingerprint density at radius 2 is 2.38 bits per heavy atom. The van der Waals surface area contributed by atoms with Gasteiger partial charge in [0.2, 0.25) is 0 Å². The highest BCUT2D eigenvalue weighted by Gasteiger charge is 2.27. The second-order valence-corrected chi connectivity index (χ2v) is 5.08. The van der Waals surface area contributed by atoms with E-state index in [-0.39, 0.29) is 5.60 Å². The van der Waals surface area contributed by atoms with Gasteiger partial charge >= 0.3 is 0 Å². The van der Waals surface area contributed by atoms with Crippen molar-refractivity contribution in [3.05, 3.63) is 15.8 Å². The van der Waals surface area contributed by atoms with Crippen LogP contribution in [-0.4, -0.2) is 11.9 Å². The molecule has 0 bridgehead atoms. The molecule has 70 valence electrons. The molecule has 13 heavy (non-hydrogen) atoms. The van der Waals surface area contributed by atoms with Crippen molar-refractivity contribution < 1.29 is 9.53 Å². The van der Waals surface area contributed by atoms with Crippen LogP contribution < -0.4 is 4.74 Å². The van der Waals surface area contributed by atoms with Gasteiger partial charge in [0, 0.05) is 10.9 Å². The molecule has 0 amide bonds. The molecule has 0 spiro atoms. The molecule has 2 nitrogen and oxygen atoms in total. The van der Waals surface area contributed by atoms with Gasteiger partial charge in [0.05, 0.1) is 4.88 Å². The van der Waals surface area contributed by atoms with Crippen LogP contribution in [0.4, 0.5) is 0 Å². The molecule has 0 N–H and O–H groups in total. The average Bonchev–Trinajstić information content (AvgIpc) is 2.44. The lowest BCUT2D eigenvalue weighted by Gasteiger charge is -2.30. The number of carbonyl (C=O) groups is 1. The van der Waals surface area contributed by atoms with Gasteiger partial charge in [-0.15, -0.1) is 11.3 Å². The molecule has 0 saturated heterocycles. The number of aldehydes is 1. The maximum Gasteiger partial charge on any atom is 0.160 e. The van der Waals surface area contributed by atoms with Crippen molar-refractivity contribution >= 4 is 17.6 Å². The van der Waals surface area contributed by atoms with Crippen LogP contribution in [0.25, 0.3) is 0 Å². The van der Waals surface area contributed by atoms with E-state index in [9.17, 15) is 4.79 Å². The van der Waals surface area contributed by atoms with Crippen LogP contribution in [-0.2, 0) is 6.42 Å². The van der Waals surface area contributed by atoms with Crippen molar-refractivity contribution in [2.24, 2.45) is 0 Å².